The van der Waals surface area contributed by atoms with E-state index in [1.165, 1.54) is 7.11 Å². The SMILES string of the molecule is COc1ccc(-c2ccc(Nc3ccccc3)cc2)c(C=O)c1C=O. The van der Waals surface area contributed by atoms with E-state index in [-0.39, 0.29) is 5.56 Å². The van der Waals surface area contributed by atoms with Gasteiger partial charge in [-0.1, -0.05) is 30.3 Å². The Kier molecular flexibility index (Phi) is 4.90. The molecular weight excluding hydrogens is 314 g/mol. The average Bonchev–Trinajstić information content (AvgIpc) is 2.68. The molecule has 1 N–H and O–H groups in total. The Morgan fingerprint density at radius 3 is 2.00 bits per heavy atom. The summed E-state index contributed by atoms with van der Waals surface area (Å²) in [6.07, 6.45) is 1.34. The Morgan fingerprint density at radius 2 is 1.40 bits per heavy atom. The summed E-state index contributed by atoms with van der Waals surface area (Å²) in [4.78, 5) is 22.9. The normalized spacial score (nSPS) is 10.1. The summed E-state index contributed by atoms with van der Waals surface area (Å²) in [7, 11) is 1.47. The van der Waals surface area contributed by atoms with E-state index in [9.17, 15) is 9.59 Å². The smallest absolute Gasteiger partial charge is 0.154 e. The maximum Gasteiger partial charge on any atom is 0.154 e. The van der Waals surface area contributed by atoms with Crippen molar-refractivity contribution < 1.29 is 14.3 Å². The third-order valence-electron chi connectivity index (χ3n) is 3.96. The number of carbonyl (C=O) groups is 2. The Labute approximate surface area is 146 Å². The first-order valence-corrected chi connectivity index (χ1v) is 7.80. The number of hydrogen-bond donors (Lipinski definition) is 1. The molecule has 0 heterocycles. The van der Waals surface area contributed by atoms with Gasteiger partial charge in [-0.05, 0) is 47.5 Å². The average molecular weight is 331 g/mol. The van der Waals surface area contributed by atoms with Gasteiger partial charge in [0.1, 0.15) is 5.75 Å². The lowest BCUT2D eigenvalue weighted by atomic mass is 9.95. The molecule has 0 aliphatic heterocycles. The molecule has 4 nitrogen and oxygen atoms in total. The van der Waals surface area contributed by atoms with E-state index >= 15 is 0 Å². The van der Waals surface area contributed by atoms with Crippen LogP contribution < -0.4 is 10.1 Å². The lowest BCUT2D eigenvalue weighted by Crippen LogP contribution is -1.99. The molecule has 124 valence electrons. The number of ether oxygens (including phenoxy) is 1. The van der Waals surface area contributed by atoms with Crippen molar-refractivity contribution in [1.82, 2.24) is 0 Å². The number of rotatable bonds is 6. The molecule has 0 spiro atoms. The summed E-state index contributed by atoms with van der Waals surface area (Å²) in [6, 6.07) is 21.0. The van der Waals surface area contributed by atoms with Crippen LogP contribution in [0.4, 0.5) is 11.4 Å². The Morgan fingerprint density at radius 1 is 0.760 bits per heavy atom. The first-order valence-electron chi connectivity index (χ1n) is 7.80. The molecule has 0 atom stereocenters. The lowest BCUT2D eigenvalue weighted by molar-refractivity contribution is 0.109. The molecule has 3 rings (SSSR count). The maximum absolute atomic E-state index is 11.5. The van der Waals surface area contributed by atoms with Crippen LogP contribution in [0.25, 0.3) is 11.1 Å². The Hall–Kier alpha value is -3.40. The molecule has 0 unspecified atom stereocenters. The molecule has 0 saturated heterocycles. The Balaban J connectivity index is 1.95. The molecule has 25 heavy (non-hydrogen) atoms. The monoisotopic (exact) mass is 331 g/mol. The first-order chi connectivity index (χ1) is 12.3. The number of hydrogen-bond acceptors (Lipinski definition) is 4. The second kappa shape index (κ2) is 7.45. The largest absolute Gasteiger partial charge is 0.496 e. The fraction of sp³-hybridized carbons (Fsp3) is 0.0476. The highest BCUT2D eigenvalue weighted by Gasteiger charge is 2.14. The molecule has 4 heteroatoms. The van der Waals surface area contributed by atoms with Crippen LogP contribution in [0.3, 0.4) is 0 Å². The minimum Gasteiger partial charge on any atom is -0.496 e. The van der Waals surface area contributed by atoms with Crippen molar-refractivity contribution in [3.05, 3.63) is 77.9 Å². The van der Waals surface area contributed by atoms with E-state index in [0.717, 1.165) is 16.9 Å². The van der Waals surface area contributed by atoms with Gasteiger partial charge in [0.05, 0.1) is 12.7 Å². The van der Waals surface area contributed by atoms with E-state index in [0.29, 0.717) is 29.4 Å². The van der Waals surface area contributed by atoms with Gasteiger partial charge in [0.15, 0.2) is 12.6 Å². The van der Waals surface area contributed by atoms with Crippen molar-refractivity contribution in [3.8, 4) is 16.9 Å². The van der Waals surface area contributed by atoms with Crippen LogP contribution in [0.2, 0.25) is 0 Å². The number of benzene rings is 3. The van der Waals surface area contributed by atoms with E-state index in [1.807, 2.05) is 54.6 Å². The summed E-state index contributed by atoms with van der Waals surface area (Å²) in [5.41, 5.74) is 4.08. The summed E-state index contributed by atoms with van der Waals surface area (Å²) in [5, 5.41) is 3.31. The van der Waals surface area contributed by atoms with Crippen LogP contribution in [-0.4, -0.2) is 19.7 Å². The fourth-order valence-corrected chi connectivity index (χ4v) is 2.72. The Bertz CT molecular complexity index is 887. The van der Waals surface area contributed by atoms with Crippen molar-refractivity contribution in [3.63, 3.8) is 0 Å². The fourth-order valence-electron chi connectivity index (χ4n) is 2.72. The second-order valence-corrected chi connectivity index (χ2v) is 5.45. The summed E-state index contributed by atoms with van der Waals surface area (Å²) >= 11 is 0. The molecule has 0 aromatic heterocycles. The number of para-hydroxylation sites is 1. The highest BCUT2D eigenvalue weighted by atomic mass is 16.5. The summed E-state index contributed by atoms with van der Waals surface area (Å²) < 4.78 is 5.15. The van der Waals surface area contributed by atoms with Gasteiger partial charge in [0.2, 0.25) is 0 Å². The van der Waals surface area contributed by atoms with Crippen molar-refractivity contribution >= 4 is 23.9 Å². The molecule has 0 saturated carbocycles. The molecule has 0 aliphatic rings. The molecule has 0 radical (unpaired) electrons. The van der Waals surface area contributed by atoms with Crippen LogP contribution in [0, 0.1) is 0 Å². The van der Waals surface area contributed by atoms with Gasteiger partial charge in [0.25, 0.3) is 0 Å². The summed E-state index contributed by atoms with van der Waals surface area (Å²) in [5.74, 6) is 0.392. The predicted molar refractivity (Wildman–Crippen MR) is 98.9 cm³/mol. The number of aldehydes is 2. The number of anilines is 2. The standard InChI is InChI=1S/C21H17NO3/c1-25-21-12-11-18(19(13-23)20(21)14-24)15-7-9-17(10-8-15)22-16-5-3-2-4-6-16/h2-14,22H,1H3. The minimum absolute atomic E-state index is 0.265. The van der Waals surface area contributed by atoms with E-state index in [1.54, 1.807) is 12.1 Å². The molecule has 0 aliphatic carbocycles. The van der Waals surface area contributed by atoms with Gasteiger partial charge in [-0.3, -0.25) is 9.59 Å². The van der Waals surface area contributed by atoms with E-state index < -0.39 is 0 Å². The minimum atomic E-state index is 0.265. The molecule has 0 bridgehead atoms. The van der Waals surface area contributed by atoms with E-state index in [2.05, 4.69) is 5.32 Å². The van der Waals surface area contributed by atoms with Crippen LogP contribution in [0.15, 0.2) is 66.7 Å². The van der Waals surface area contributed by atoms with Crippen LogP contribution in [0.1, 0.15) is 20.7 Å². The highest BCUT2D eigenvalue weighted by molar-refractivity contribution is 5.99. The van der Waals surface area contributed by atoms with Crippen LogP contribution in [0.5, 0.6) is 5.75 Å². The van der Waals surface area contributed by atoms with Gasteiger partial charge in [0, 0.05) is 16.9 Å². The third-order valence-corrected chi connectivity index (χ3v) is 3.96. The zero-order chi connectivity index (χ0) is 17.6. The van der Waals surface area contributed by atoms with Gasteiger partial charge < -0.3 is 10.1 Å². The highest BCUT2D eigenvalue weighted by Crippen LogP contribution is 2.31. The second-order valence-electron chi connectivity index (χ2n) is 5.45. The summed E-state index contributed by atoms with van der Waals surface area (Å²) in [6.45, 7) is 0. The number of carbonyl (C=O) groups excluding carboxylic acids is 2. The maximum atomic E-state index is 11.5. The van der Waals surface area contributed by atoms with Crippen molar-refractivity contribution in [2.45, 2.75) is 0 Å². The van der Waals surface area contributed by atoms with E-state index in [4.69, 9.17) is 4.74 Å². The van der Waals surface area contributed by atoms with Gasteiger partial charge in [-0.15, -0.1) is 0 Å². The number of methoxy groups -OCH3 is 1. The van der Waals surface area contributed by atoms with Gasteiger partial charge in [-0.25, -0.2) is 0 Å². The van der Waals surface area contributed by atoms with Crippen molar-refractivity contribution in [1.29, 1.82) is 0 Å². The molecule has 0 amide bonds. The van der Waals surface area contributed by atoms with Crippen LogP contribution in [-0.2, 0) is 0 Å². The zero-order valence-electron chi connectivity index (χ0n) is 13.7. The topological polar surface area (TPSA) is 55.4 Å². The molecular formula is C21H17NO3. The molecule has 3 aromatic carbocycles. The number of nitrogens with one attached hydrogen (secondary N) is 1. The zero-order valence-corrected chi connectivity index (χ0v) is 13.7. The third kappa shape index (κ3) is 3.43. The van der Waals surface area contributed by atoms with Gasteiger partial charge >= 0.3 is 0 Å². The lowest BCUT2D eigenvalue weighted by Gasteiger charge is -2.12. The predicted octanol–water partition coefficient (Wildman–Crippen LogP) is 4.73. The molecule has 0 fully saturated rings. The van der Waals surface area contributed by atoms with Gasteiger partial charge in [-0.2, -0.15) is 0 Å². The molecule has 3 aromatic rings. The van der Waals surface area contributed by atoms with Crippen molar-refractivity contribution in [2.24, 2.45) is 0 Å². The quantitative estimate of drug-likeness (QED) is 0.663. The first kappa shape index (κ1) is 16.5. The van der Waals surface area contributed by atoms with Crippen molar-refractivity contribution in [2.75, 3.05) is 12.4 Å². The van der Waals surface area contributed by atoms with Crippen LogP contribution >= 0.6 is 0 Å².